The van der Waals surface area contributed by atoms with E-state index in [1.807, 2.05) is 6.07 Å². The smallest absolute Gasteiger partial charge is 0.279 e. The summed E-state index contributed by atoms with van der Waals surface area (Å²) < 4.78 is 6.49. The molecule has 144 valence electrons. The molecule has 0 aliphatic carbocycles. The quantitative estimate of drug-likeness (QED) is 0.549. The molecule has 6 nitrogen and oxygen atoms in total. The molecule has 0 saturated heterocycles. The highest BCUT2D eigenvalue weighted by molar-refractivity contribution is 6.30. The minimum absolute atomic E-state index is 0.126. The number of para-hydroxylation sites is 2. The van der Waals surface area contributed by atoms with Crippen LogP contribution in [0, 0.1) is 0 Å². The van der Waals surface area contributed by atoms with Gasteiger partial charge in [0.05, 0.1) is 23.9 Å². The van der Waals surface area contributed by atoms with Crippen molar-refractivity contribution >= 4 is 34.0 Å². The van der Waals surface area contributed by atoms with E-state index in [1.165, 1.54) is 11.8 Å². The van der Waals surface area contributed by atoms with Gasteiger partial charge in [-0.15, -0.1) is 0 Å². The number of nitrogens with zero attached hydrogens (tertiary/aromatic N) is 2. The Labute approximate surface area is 171 Å². The maximum Gasteiger partial charge on any atom is 0.279 e. The molecule has 0 spiro atoms. The Morgan fingerprint density at radius 2 is 1.62 bits per heavy atom. The molecule has 1 heterocycles. The van der Waals surface area contributed by atoms with Crippen LogP contribution in [0.2, 0.25) is 5.02 Å². The van der Waals surface area contributed by atoms with Crippen LogP contribution in [0.15, 0.2) is 77.6 Å². The number of hydrogen-bond acceptors (Lipinski definition) is 4. The second kappa shape index (κ2) is 7.77. The van der Waals surface area contributed by atoms with Crippen LogP contribution in [-0.2, 0) is 0 Å². The van der Waals surface area contributed by atoms with E-state index in [1.54, 1.807) is 66.7 Å². The maximum absolute atomic E-state index is 13.1. The topological polar surface area (TPSA) is 73.2 Å². The largest absolute Gasteiger partial charge is 0.495 e. The molecule has 0 aliphatic heterocycles. The number of halogens is 1. The van der Waals surface area contributed by atoms with Crippen molar-refractivity contribution in [3.63, 3.8) is 0 Å². The highest BCUT2D eigenvalue weighted by Gasteiger charge is 2.18. The first kappa shape index (κ1) is 18.7. The fraction of sp³-hybridized carbons (Fsp3) is 0.0455. The van der Waals surface area contributed by atoms with Crippen LogP contribution in [0.3, 0.4) is 0 Å². The number of carbonyl (C=O) groups is 1. The minimum Gasteiger partial charge on any atom is -0.495 e. The van der Waals surface area contributed by atoms with Crippen molar-refractivity contribution in [2.24, 2.45) is 0 Å². The molecular formula is C22H16ClN3O3. The number of anilines is 1. The van der Waals surface area contributed by atoms with Gasteiger partial charge in [0.2, 0.25) is 0 Å². The van der Waals surface area contributed by atoms with Crippen molar-refractivity contribution in [1.82, 2.24) is 9.78 Å². The number of benzene rings is 3. The van der Waals surface area contributed by atoms with Gasteiger partial charge in [-0.25, -0.2) is 0 Å². The number of carbonyl (C=O) groups excluding carboxylic acids is 1. The Bertz CT molecular complexity index is 1270. The summed E-state index contributed by atoms with van der Waals surface area (Å²) in [5, 5.41) is 8.57. The van der Waals surface area contributed by atoms with Gasteiger partial charge in [-0.3, -0.25) is 9.59 Å². The zero-order valence-electron chi connectivity index (χ0n) is 15.4. The maximum atomic E-state index is 13.1. The molecule has 29 heavy (non-hydrogen) atoms. The van der Waals surface area contributed by atoms with Crippen LogP contribution in [0.1, 0.15) is 10.5 Å². The van der Waals surface area contributed by atoms with E-state index in [0.29, 0.717) is 32.9 Å². The van der Waals surface area contributed by atoms with Crippen molar-refractivity contribution < 1.29 is 9.53 Å². The molecule has 0 atom stereocenters. The number of fused-ring (bicyclic) bond motifs is 1. The summed E-state index contributed by atoms with van der Waals surface area (Å²) in [6.07, 6.45) is 0. The summed E-state index contributed by atoms with van der Waals surface area (Å²) >= 11 is 5.95. The van der Waals surface area contributed by atoms with Gasteiger partial charge >= 0.3 is 0 Å². The van der Waals surface area contributed by atoms with Gasteiger partial charge in [-0.05, 0) is 42.5 Å². The van der Waals surface area contributed by atoms with Crippen molar-refractivity contribution in [2.75, 3.05) is 12.4 Å². The van der Waals surface area contributed by atoms with Gasteiger partial charge in [0, 0.05) is 10.4 Å². The Kier molecular flexibility index (Phi) is 5.01. The van der Waals surface area contributed by atoms with E-state index in [4.69, 9.17) is 16.3 Å². The number of hydrogen-bond donors (Lipinski definition) is 1. The van der Waals surface area contributed by atoms with E-state index >= 15 is 0 Å². The monoisotopic (exact) mass is 405 g/mol. The molecule has 1 N–H and O–H groups in total. The second-order valence-corrected chi connectivity index (χ2v) is 6.68. The van der Waals surface area contributed by atoms with E-state index in [2.05, 4.69) is 10.4 Å². The molecule has 0 bridgehead atoms. The minimum atomic E-state index is -0.451. The second-order valence-electron chi connectivity index (χ2n) is 6.24. The Morgan fingerprint density at radius 1 is 0.966 bits per heavy atom. The number of amides is 1. The third kappa shape index (κ3) is 3.58. The van der Waals surface area contributed by atoms with Crippen molar-refractivity contribution in [3.8, 4) is 11.4 Å². The molecule has 0 aliphatic rings. The molecule has 0 saturated carbocycles. The summed E-state index contributed by atoms with van der Waals surface area (Å²) in [7, 11) is 1.53. The first-order chi connectivity index (χ1) is 14.1. The Balaban J connectivity index is 1.87. The van der Waals surface area contributed by atoms with Gasteiger partial charge in [0.15, 0.2) is 5.69 Å². The van der Waals surface area contributed by atoms with E-state index in [-0.39, 0.29) is 11.3 Å². The molecule has 7 heteroatoms. The number of ether oxygens (including phenoxy) is 1. The van der Waals surface area contributed by atoms with Gasteiger partial charge in [-0.2, -0.15) is 9.78 Å². The van der Waals surface area contributed by atoms with Gasteiger partial charge in [-0.1, -0.05) is 41.9 Å². The first-order valence-corrected chi connectivity index (χ1v) is 9.18. The predicted octanol–water partition coefficient (Wildman–Crippen LogP) is 4.30. The molecule has 4 rings (SSSR count). The Hall–Kier alpha value is -3.64. The fourth-order valence-electron chi connectivity index (χ4n) is 3.04. The molecule has 4 aromatic rings. The molecular weight excluding hydrogens is 390 g/mol. The molecule has 0 fully saturated rings. The lowest BCUT2D eigenvalue weighted by Crippen LogP contribution is -2.26. The average molecular weight is 406 g/mol. The van der Waals surface area contributed by atoms with E-state index in [9.17, 15) is 9.59 Å². The summed E-state index contributed by atoms with van der Waals surface area (Å²) in [5.74, 6) is 0.0737. The standard InChI is InChI=1S/C22H16ClN3O3/c1-29-19-9-5-4-8-18(19)24-21(27)20-16-6-2-3-7-17(16)22(28)26(25-20)15-12-10-14(23)11-13-15/h2-13H,1H3,(H,24,27). The van der Waals surface area contributed by atoms with Gasteiger partial charge < -0.3 is 10.1 Å². The number of rotatable bonds is 4. The lowest BCUT2D eigenvalue weighted by molar-refractivity contribution is 0.102. The molecule has 0 unspecified atom stereocenters. The Morgan fingerprint density at radius 3 is 2.34 bits per heavy atom. The molecule has 3 aromatic carbocycles. The highest BCUT2D eigenvalue weighted by atomic mass is 35.5. The third-order valence-electron chi connectivity index (χ3n) is 4.45. The third-order valence-corrected chi connectivity index (χ3v) is 4.70. The normalized spacial score (nSPS) is 10.7. The van der Waals surface area contributed by atoms with Crippen LogP contribution >= 0.6 is 11.6 Å². The fourth-order valence-corrected chi connectivity index (χ4v) is 3.17. The van der Waals surface area contributed by atoms with Crippen LogP contribution in [0.5, 0.6) is 5.75 Å². The summed E-state index contributed by atoms with van der Waals surface area (Å²) in [6.45, 7) is 0. The van der Waals surface area contributed by atoms with Crippen LogP contribution in [-0.4, -0.2) is 22.8 Å². The van der Waals surface area contributed by atoms with Crippen LogP contribution in [0.4, 0.5) is 5.69 Å². The van der Waals surface area contributed by atoms with Gasteiger partial charge in [0.25, 0.3) is 11.5 Å². The predicted molar refractivity (Wildman–Crippen MR) is 113 cm³/mol. The zero-order chi connectivity index (χ0) is 20.4. The van der Waals surface area contributed by atoms with E-state index in [0.717, 1.165) is 0 Å². The average Bonchev–Trinajstić information content (AvgIpc) is 2.75. The highest BCUT2D eigenvalue weighted by Crippen LogP contribution is 2.24. The molecule has 1 amide bonds. The SMILES string of the molecule is COc1ccccc1NC(=O)c1nn(-c2ccc(Cl)cc2)c(=O)c2ccccc12. The lowest BCUT2D eigenvalue weighted by Gasteiger charge is -2.13. The zero-order valence-corrected chi connectivity index (χ0v) is 16.2. The first-order valence-electron chi connectivity index (χ1n) is 8.81. The van der Waals surface area contributed by atoms with Gasteiger partial charge in [0.1, 0.15) is 5.75 Å². The summed E-state index contributed by atoms with van der Waals surface area (Å²) in [5.41, 5.74) is 0.824. The van der Waals surface area contributed by atoms with Crippen molar-refractivity contribution in [2.45, 2.75) is 0 Å². The number of methoxy groups -OCH3 is 1. The van der Waals surface area contributed by atoms with Crippen LogP contribution in [0.25, 0.3) is 16.5 Å². The number of aromatic nitrogens is 2. The molecule has 0 radical (unpaired) electrons. The summed E-state index contributed by atoms with van der Waals surface area (Å²) in [4.78, 5) is 26.0. The number of nitrogens with one attached hydrogen (secondary N) is 1. The van der Waals surface area contributed by atoms with Crippen molar-refractivity contribution in [3.05, 3.63) is 93.9 Å². The lowest BCUT2D eigenvalue weighted by atomic mass is 10.1. The summed E-state index contributed by atoms with van der Waals surface area (Å²) in [6, 6.07) is 20.6. The van der Waals surface area contributed by atoms with E-state index < -0.39 is 5.91 Å². The van der Waals surface area contributed by atoms with Crippen molar-refractivity contribution in [1.29, 1.82) is 0 Å². The van der Waals surface area contributed by atoms with Crippen LogP contribution < -0.4 is 15.6 Å². The molecule has 1 aromatic heterocycles.